The van der Waals surface area contributed by atoms with E-state index >= 15 is 0 Å². The molecule has 0 spiro atoms. The van der Waals surface area contributed by atoms with Gasteiger partial charge in [0.2, 0.25) is 6.79 Å². The second kappa shape index (κ2) is 9.31. The molecule has 0 radical (unpaired) electrons. The first-order chi connectivity index (χ1) is 16.2. The maximum absolute atomic E-state index is 12.3. The average Bonchev–Trinajstić information content (AvgIpc) is 3.42. The predicted octanol–water partition coefficient (Wildman–Crippen LogP) is 3.69. The Kier molecular flexibility index (Phi) is 6.44. The number of likely N-dealkylation sites (tertiary alicyclic amines) is 1. The molecule has 2 aromatic carbocycles. The quantitative estimate of drug-likeness (QED) is 0.685. The van der Waals surface area contributed by atoms with Crippen LogP contribution in [-0.2, 0) is 4.74 Å². The van der Waals surface area contributed by atoms with Gasteiger partial charge < -0.3 is 29.4 Å². The van der Waals surface area contributed by atoms with E-state index in [4.69, 9.17) is 18.9 Å². The Balaban J connectivity index is 1.68. The van der Waals surface area contributed by atoms with E-state index in [1.807, 2.05) is 26.8 Å². The summed E-state index contributed by atoms with van der Waals surface area (Å²) in [7, 11) is 1.55. The molecule has 2 N–H and O–H groups in total. The van der Waals surface area contributed by atoms with Crippen molar-refractivity contribution in [2.24, 2.45) is 0 Å². The number of ether oxygens (including phenoxy) is 4. The Bertz CT molecular complexity index is 1120. The van der Waals surface area contributed by atoms with Crippen LogP contribution in [0, 0.1) is 11.3 Å². The molecule has 2 aliphatic heterocycles. The summed E-state index contributed by atoms with van der Waals surface area (Å²) in [4.78, 5) is 14.5. The van der Waals surface area contributed by atoms with E-state index in [0.29, 0.717) is 47.9 Å². The number of amides is 1. The Morgan fingerprint density at radius 2 is 1.97 bits per heavy atom. The first-order valence-electron chi connectivity index (χ1n) is 11.1. The molecule has 9 nitrogen and oxygen atoms in total. The third kappa shape index (κ3) is 4.97. The van der Waals surface area contributed by atoms with Crippen molar-refractivity contribution < 1.29 is 28.8 Å². The third-order valence-corrected chi connectivity index (χ3v) is 5.78. The maximum Gasteiger partial charge on any atom is 0.407 e. The zero-order valence-electron chi connectivity index (χ0n) is 19.8. The molecule has 2 atom stereocenters. The highest BCUT2D eigenvalue weighted by molar-refractivity contribution is 5.68. The van der Waals surface area contributed by atoms with Crippen molar-refractivity contribution >= 4 is 6.09 Å². The molecule has 2 aromatic rings. The fraction of sp³-hybridized carbons (Fsp3) is 0.440. The Hall–Kier alpha value is -3.64. The highest BCUT2D eigenvalue weighted by atomic mass is 16.7. The van der Waals surface area contributed by atoms with Gasteiger partial charge >= 0.3 is 6.09 Å². The fourth-order valence-electron chi connectivity index (χ4n) is 4.35. The van der Waals surface area contributed by atoms with E-state index < -0.39 is 17.7 Å². The number of methoxy groups -OCH3 is 1. The summed E-state index contributed by atoms with van der Waals surface area (Å²) in [6.45, 7) is 6.74. The summed E-state index contributed by atoms with van der Waals surface area (Å²) in [6.07, 6.45) is 0.248. The van der Waals surface area contributed by atoms with Crippen LogP contribution in [0.15, 0.2) is 30.3 Å². The summed E-state index contributed by atoms with van der Waals surface area (Å²) < 4.78 is 22.0. The number of alkyl carbamates (subject to hydrolysis) is 1. The molecule has 4 rings (SSSR count). The van der Waals surface area contributed by atoms with Gasteiger partial charge in [-0.25, -0.2) is 4.79 Å². The molecule has 2 aliphatic rings. The molecule has 0 aromatic heterocycles. The zero-order valence-corrected chi connectivity index (χ0v) is 19.8. The standard InChI is InChI=1S/C25H29N3O6/c1-25(2,3)34-24(30)27-16-7-8-28(13-16)23(17-6-5-15(12-26)9-20(17)31-4)18-10-21-22(11-19(18)29)33-14-32-21/h5-6,9-11,16,23,29H,7-8,13-14H2,1-4H3,(H,27,30)/t16-,23?/m1/s1. The van der Waals surface area contributed by atoms with Gasteiger partial charge in [-0.15, -0.1) is 0 Å². The number of hydrogen-bond donors (Lipinski definition) is 2. The minimum Gasteiger partial charge on any atom is -0.507 e. The summed E-state index contributed by atoms with van der Waals surface area (Å²) in [5, 5.41) is 23.2. The number of phenolic OH excluding ortho intramolecular Hbond substituents is 1. The normalized spacial score (nSPS) is 18.3. The van der Waals surface area contributed by atoms with Crippen molar-refractivity contribution in [1.29, 1.82) is 5.26 Å². The molecule has 1 unspecified atom stereocenters. The Morgan fingerprint density at radius 3 is 2.65 bits per heavy atom. The average molecular weight is 468 g/mol. The first kappa shape index (κ1) is 23.5. The van der Waals surface area contributed by atoms with Gasteiger partial charge in [0.1, 0.15) is 17.1 Å². The van der Waals surface area contributed by atoms with Gasteiger partial charge in [0, 0.05) is 36.3 Å². The lowest BCUT2D eigenvalue weighted by molar-refractivity contribution is 0.0505. The fourth-order valence-corrected chi connectivity index (χ4v) is 4.35. The van der Waals surface area contributed by atoms with Crippen LogP contribution in [0.1, 0.15) is 49.9 Å². The number of fused-ring (bicyclic) bond motifs is 1. The minimum atomic E-state index is -0.584. The van der Waals surface area contributed by atoms with Gasteiger partial charge in [0.15, 0.2) is 11.5 Å². The van der Waals surface area contributed by atoms with Crippen molar-refractivity contribution in [1.82, 2.24) is 10.2 Å². The molecule has 0 aliphatic carbocycles. The van der Waals surface area contributed by atoms with Crippen LogP contribution in [0.25, 0.3) is 0 Å². The number of rotatable bonds is 5. The van der Waals surface area contributed by atoms with Crippen molar-refractivity contribution in [3.63, 3.8) is 0 Å². The lowest BCUT2D eigenvalue weighted by Gasteiger charge is -2.30. The highest BCUT2D eigenvalue weighted by Crippen LogP contribution is 2.45. The van der Waals surface area contributed by atoms with E-state index in [-0.39, 0.29) is 18.6 Å². The van der Waals surface area contributed by atoms with Crippen LogP contribution in [0.2, 0.25) is 0 Å². The van der Waals surface area contributed by atoms with Crippen molar-refractivity contribution in [3.05, 3.63) is 47.0 Å². The topological polar surface area (TPSA) is 113 Å². The first-order valence-corrected chi connectivity index (χ1v) is 11.1. The van der Waals surface area contributed by atoms with E-state index in [1.54, 1.807) is 31.4 Å². The Labute approximate surface area is 198 Å². The second-order valence-electron chi connectivity index (χ2n) is 9.36. The van der Waals surface area contributed by atoms with E-state index in [9.17, 15) is 15.2 Å². The van der Waals surface area contributed by atoms with Gasteiger partial charge in [-0.2, -0.15) is 5.26 Å². The smallest absolute Gasteiger partial charge is 0.407 e. The monoisotopic (exact) mass is 467 g/mol. The van der Waals surface area contributed by atoms with Crippen LogP contribution >= 0.6 is 0 Å². The number of hydrogen-bond acceptors (Lipinski definition) is 8. The van der Waals surface area contributed by atoms with Gasteiger partial charge in [0.25, 0.3) is 0 Å². The number of carbonyl (C=O) groups is 1. The predicted molar refractivity (Wildman–Crippen MR) is 123 cm³/mol. The largest absolute Gasteiger partial charge is 0.507 e. The van der Waals surface area contributed by atoms with Gasteiger partial charge in [-0.1, -0.05) is 6.07 Å². The second-order valence-corrected chi connectivity index (χ2v) is 9.36. The molecular formula is C25H29N3O6. The van der Waals surface area contributed by atoms with Crippen LogP contribution in [0.5, 0.6) is 23.0 Å². The van der Waals surface area contributed by atoms with Crippen molar-refractivity contribution in [2.45, 2.75) is 44.9 Å². The molecule has 9 heteroatoms. The number of benzene rings is 2. The number of aromatic hydroxyl groups is 1. The lowest BCUT2D eigenvalue weighted by atomic mass is 9.94. The summed E-state index contributed by atoms with van der Waals surface area (Å²) in [6, 6.07) is 10.1. The van der Waals surface area contributed by atoms with E-state index in [0.717, 1.165) is 5.56 Å². The molecule has 1 amide bonds. The molecule has 0 saturated carbocycles. The van der Waals surface area contributed by atoms with Crippen LogP contribution in [0.4, 0.5) is 4.79 Å². The van der Waals surface area contributed by atoms with Crippen molar-refractivity contribution in [3.8, 4) is 29.1 Å². The Morgan fingerprint density at radius 1 is 1.24 bits per heavy atom. The van der Waals surface area contributed by atoms with Crippen LogP contribution < -0.4 is 19.5 Å². The number of nitriles is 1. The van der Waals surface area contributed by atoms with Gasteiger partial charge in [-0.05, 0) is 45.4 Å². The SMILES string of the molecule is COc1cc(C#N)ccc1C(c1cc2c(cc1O)OCO2)N1CC[C@@H](NC(=O)OC(C)(C)C)C1. The number of carbonyl (C=O) groups excluding carboxylic acids is 1. The zero-order chi connectivity index (χ0) is 24.5. The van der Waals surface area contributed by atoms with Crippen LogP contribution in [0.3, 0.4) is 0 Å². The molecule has 0 bridgehead atoms. The summed E-state index contributed by atoms with van der Waals surface area (Å²) in [5.74, 6) is 1.62. The number of phenols is 1. The summed E-state index contributed by atoms with van der Waals surface area (Å²) >= 11 is 0. The van der Waals surface area contributed by atoms with Crippen molar-refractivity contribution in [2.75, 3.05) is 27.0 Å². The molecule has 1 fully saturated rings. The van der Waals surface area contributed by atoms with Gasteiger partial charge in [0.05, 0.1) is 24.8 Å². The van der Waals surface area contributed by atoms with E-state index in [2.05, 4.69) is 16.3 Å². The van der Waals surface area contributed by atoms with Gasteiger partial charge in [-0.3, -0.25) is 4.90 Å². The molecular weight excluding hydrogens is 438 g/mol. The minimum absolute atomic E-state index is 0.0595. The number of nitrogens with one attached hydrogen (secondary N) is 1. The van der Waals surface area contributed by atoms with E-state index in [1.165, 1.54) is 0 Å². The molecule has 1 saturated heterocycles. The number of nitrogens with zero attached hydrogens (tertiary/aromatic N) is 2. The summed E-state index contributed by atoms with van der Waals surface area (Å²) in [5.41, 5.74) is 1.29. The molecule has 34 heavy (non-hydrogen) atoms. The third-order valence-electron chi connectivity index (χ3n) is 5.78. The molecule has 2 heterocycles. The maximum atomic E-state index is 12.3. The molecule has 180 valence electrons. The van der Waals surface area contributed by atoms with Crippen LogP contribution in [-0.4, -0.2) is 54.7 Å². The lowest BCUT2D eigenvalue weighted by Crippen LogP contribution is -2.41. The highest BCUT2D eigenvalue weighted by Gasteiger charge is 2.35.